The molecule has 0 atom stereocenters. The van der Waals surface area contributed by atoms with Crippen molar-refractivity contribution in [2.75, 3.05) is 11.4 Å². The van der Waals surface area contributed by atoms with Crippen molar-refractivity contribution < 1.29 is 13.2 Å². The number of halogens is 3. The quantitative estimate of drug-likeness (QED) is 0.510. The Morgan fingerprint density at radius 1 is 0.900 bits per heavy atom. The average Bonchev–Trinajstić information content (AvgIpc) is 2.73. The van der Waals surface area contributed by atoms with Gasteiger partial charge in [-0.25, -0.2) is 8.42 Å². The van der Waals surface area contributed by atoms with Gasteiger partial charge in [0, 0.05) is 34.2 Å². The van der Waals surface area contributed by atoms with Crippen LogP contribution in [0.25, 0.3) is 0 Å². The van der Waals surface area contributed by atoms with Crippen LogP contribution < -0.4 is 9.62 Å². The van der Waals surface area contributed by atoms with Gasteiger partial charge in [-0.1, -0.05) is 40.9 Å². The van der Waals surface area contributed by atoms with Crippen molar-refractivity contribution >= 4 is 56.4 Å². The molecule has 0 aromatic heterocycles. The molecule has 0 radical (unpaired) electrons. The smallest absolute Gasteiger partial charge is 0.264 e. The van der Waals surface area contributed by atoms with Gasteiger partial charge in [0.15, 0.2) is 0 Å². The normalized spacial score (nSPS) is 11.2. The van der Waals surface area contributed by atoms with Crippen molar-refractivity contribution in [1.82, 2.24) is 5.32 Å². The van der Waals surface area contributed by atoms with Gasteiger partial charge in [0.2, 0.25) is 0 Å². The van der Waals surface area contributed by atoms with E-state index in [9.17, 15) is 13.2 Å². The second-order valence-electron chi connectivity index (χ2n) is 6.39. The highest BCUT2D eigenvalue weighted by Crippen LogP contribution is 2.24. The zero-order valence-electron chi connectivity index (χ0n) is 15.8. The van der Waals surface area contributed by atoms with Gasteiger partial charge < -0.3 is 5.32 Å². The third kappa shape index (κ3) is 5.08. The SMILES string of the molecule is CN(c1ccc(C(=O)NCc2ccc(Cl)cc2Cl)cc1)S(=O)(=O)c1ccc(Cl)cc1. The summed E-state index contributed by atoms with van der Waals surface area (Å²) in [6, 6.07) is 17.2. The number of anilines is 1. The highest BCUT2D eigenvalue weighted by Gasteiger charge is 2.21. The van der Waals surface area contributed by atoms with E-state index in [1.54, 1.807) is 42.5 Å². The van der Waals surface area contributed by atoms with Crippen molar-refractivity contribution in [3.05, 3.63) is 92.9 Å². The largest absolute Gasteiger partial charge is 0.348 e. The molecule has 30 heavy (non-hydrogen) atoms. The lowest BCUT2D eigenvalue weighted by Crippen LogP contribution is -2.27. The predicted molar refractivity (Wildman–Crippen MR) is 121 cm³/mol. The first-order chi connectivity index (χ1) is 14.2. The molecule has 5 nitrogen and oxygen atoms in total. The molecule has 0 unspecified atom stereocenters. The van der Waals surface area contributed by atoms with E-state index in [2.05, 4.69) is 5.32 Å². The van der Waals surface area contributed by atoms with Crippen LogP contribution in [0.15, 0.2) is 71.6 Å². The van der Waals surface area contributed by atoms with Crippen LogP contribution in [0.3, 0.4) is 0 Å². The van der Waals surface area contributed by atoms with Gasteiger partial charge in [-0.2, -0.15) is 0 Å². The Balaban J connectivity index is 1.70. The zero-order valence-corrected chi connectivity index (χ0v) is 18.9. The van der Waals surface area contributed by atoms with Crippen molar-refractivity contribution in [1.29, 1.82) is 0 Å². The minimum atomic E-state index is -3.75. The summed E-state index contributed by atoms with van der Waals surface area (Å²) in [6.07, 6.45) is 0. The number of sulfonamides is 1. The first kappa shape index (κ1) is 22.4. The van der Waals surface area contributed by atoms with E-state index in [1.165, 1.54) is 31.3 Å². The first-order valence-corrected chi connectivity index (χ1v) is 11.3. The number of rotatable bonds is 6. The average molecular weight is 484 g/mol. The summed E-state index contributed by atoms with van der Waals surface area (Å²) < 4.78 is 26.7. The molecule has 3 aromatic carbocycles. The fourth-order valence-corrected chi connectivity index (χ4v) is 4.47. The van der Waals surface area contributed by atoms with Gasteiger partial charge in [-0.15, -0.1) is 0 Å². The summed E-state index contributed by atoms with van der Waals surface area (Å²) in [5.41, 5.74) is 1.54. The summed E-state index contributed by atoms with van der Waals surface area (Å²) in [7, 11) is -2.30. The molecule has 1 amide bonds. The molecule has 0 fully saturated rings. The first-order valence-electron chi connectivity index (χ1n) is 8.75. The number of carbonyl (C=O) groups is 1. The van der Waals surface area contributed by atoms with Gasteiger partial charge in [0.1, 0.15) is 0 Å². The molecule has 156 valence electrons. The molecule has 0 aliphatic heterocycles. The van der Waals surface area contributed by atoms with Gasteiger partial charge in [-0.3, -0.25) is 9.10 Å². The molecule has 0 heterocycles. The van der Waals surface area contributed by atoms with Crippen molar-refractivity contribution in [3.63, 3.8) is 0 Å². The maximum atomic E-state index is 12.8. The number of nitrogens with zero attached hydrogens (tertiary/aromatic N) is 1. The number of hydrogen-bond acceptors (Lipinski definition) is 3. The molecular formula is C21H17Cl3N2O3S. The molecule has 1 N–H and O–H groups in total. The molecule has 0 saturated heterocycles. The Labute approximate surface area is 190 Å². The van der Waals surface area contributed by atoms with Gasteiger partial charge in [-0.05, 0) is 66.2 Å². The highest BCUT2D eigenvalue weighted by molar-refractivity contribution is 7.92. The molecule has 0 saturated carbocycles. The van der Waals surface area contributed by atoms with E-state index in [0.717, 1.165) is 9.87 Å². The van der Waals surface area contributed by atoms with Crippen LogP contribution in [0.2, 0.25) is 15.1 Å². The lowest BCUT2D eigenvalue weighted by molar-refractivity contribution is 0.0951. The van der Waals surface area contributed by atoms with Crippen LogP contribution in [-0.2, 0) is 16.6 Å². The van der Waals surface area contributed by atoms with E-state index in [0.29, 0.717) is 26.3 Å². The Morgan fingerprint density at radius 2 is 1.50 bits per heavy atom. The number of nitrogens with one attached hydrogen (secondary N) is 1. The minimum absolute atomic E-state index is 0.121. The maximum Gasteiger partial charge on any atom is 0.264 e. The van der Waals surface area contributed by atoms with Gasteiger partial charge >= 0.3 is 0 Å². The summed E-state index contributed by atoms with van der Waals surface area (Å²) in [4.78, 5) is 12.5. The lowest BCUT2D eigenvalue weighted by atomic mass is 10.1. The van der Waals surface area contributed by atoms with Gasteiger partial charge in [0.25, 0.3) is 15.9 Å². The van der Waals surface area contributed by atoms with E-state index >= 15 is 0 Å². The van der Waals surface area contributed by atoms with Crippen LogP contribution >= 0.6 is 34.8 Å². The minimum Gasteiger partial charge on any atom is -0.348 e. The molecule has 0 aliphatic rings. The summed E-state index contributed by atoms with van der Waals surface area (Å²) in [5, 5.41) is 4.21. The summed E-state index contributed by atoms with van der Waals surface area (Å²) in [5.74, 6) is -0.309. The van der Waals surface area contributed by atoms with Crippen molar-refractivity contribution in [2.45, 2.75) is 11.4 Å². The van der Waals surface area contributed by atoms with Crippen LogP contribution in [0, 0.1) is 0 Å². The highest BCUT2D eigenvalue weighted by atomic mass is 35.5. The Hall–Kier alpha value is -2.25. The molecule has 0 spiro atoms. The lowest BCUT2D eigenvalue weighted by Gasteiger charge is -2.20. The topological polar surface area (TPSA) is 66.5 Å². The third-order valence-electron chi connectivity index (χ3n) is 4.42. The zero-order chi connectivity index (χ0) is 21.9. The second-order valence-corrected chi connectivity index (χ2v) is 9.64. The van der Waals surface area contributed by atoms with Crippen molar-refractivity contribution in [2.24, 2.45) is 0 Å². The Bertz CT molecular complexity index is 1170. The second kappa shape index (κ2) is 9.27. The van der Waals surface area contributed by atoms with Crippen molar-refractivity contribution in [3.8, 4) is 0 Å². The number of benzene rings is 3. The van der Waals surface area contributed by atoms with E-state index < -0.39 is 10.0 Å². The van der Waals surface area contributed by atoms with E-state index in [4.69, 9.17) is 34.8 Å². The van der Waals surface area contributed by atoms with Crippen LogP contribution in [0.4, 0.5) is 5.69 Å². The Morgan fingerprint density at radius 3 is 2.10 bits per heavy atom. The maximum absolute atomic E-state index is 12.8. The third-order valence-corrected chi connectivity index (χ3v) is 7.06. The fourth-order valence-electron chi connectivity index (χ4n) is 2.67. The van der Waals surface area contributed by atoms with E-state index in [1.807, 2.05) is 0 Å². The molecule has 3 rings (SSSR count). The summed E-state index contributed by atoms with van der Waals surface area (Å²) >= 11 is 17.8. The number of amides is 1. The predicted octanol–water partition coefficient (Wildman–Crippen LogP) is 5.40. The molecule has 9 heteroatoms. The number of hydrogen-bond donors (Lipinski definition) is 1. The molecule has 0 aliphatic carbocycles. The molecule has 0 bridgehead atoms. The van der Waals surface area contributed by atoms with Crippen LogP contribution in [-0.4, -0.2) is 21.4 Å². The van der Waals surface area contributed by atoms with Crippen LogP contribution in [0.5, 0.6) is 0 Å². The monoisotopic (exact) mass is 482 g/mol. The molecular weight excluding hydrogens is 467 g/mol. The fraction of sp³-hybridized carbons (Fsp3) is 0.0952. The van der Waals surface area contributed by atoms with E-state index in [-0.39, 0.29) is 17.3 Å². The van der Waals surface area contributed by atoms with Crippen LogP contribution in [0.1, 0.15) is 15.9 Å². The summed E-state index contributed by atoms with van der Waals surface area (Å²) in [6.45, 7) is 0.238. The van der Waals surface area contributed by atoms with Gasteiger partial charge in [0.05, 0.1) is 10.6 Å². The number of carbonyl (C=O) groups excluding carboxylic acids is 1. The standard InChI is InChI=1S/C21H17Cl3N2O3S/c1-26(30(28,29)19-10-6-16(22)7-11-19)18-8-3-14(4-9-18)21(27)25-13-15-2-5-17(23)12-20(15)24/h2-12H,13H2,1H3,(H,25,27). The molecule has 3 aromatic rings. The Kier molecular flexibility index (Phi) is 6.93.